The summed E-state index contributed by atoms with van der Waals surface area (Å²) in [7, 11) is 0. The number of hydrogen-bond acceptors (Lipinski definition) is 6. The first kappa shape index (κ1) is 24.6. The van der Waals surface area contributed by atoms with Gasteiger partial charge >= 0.3 is 0 Å². The molecule has 3 aromatic rings. The SMILES string of the molecule is ClC1(c2ccccc2)OC[C@H]2OC(Cl)(c3ccccc3)OC[C@@H]3OC(Cl)(c4ccccc4)O[C@@H]2[C@H]3O1. The molecule has 7 atom stereocenters. The molecule has 6 rings (SSSR count). The van der Waals surface area contributed by atoms with Gasteiger partial charge in [0, 0.05) is 16.7 Å². The molecule has 0 aromatic heterocycles. The van der Waals surface area contributed by atoms with Crippen LogP contribution >= 0.6 is 34.8 Å². The Hall–Kier alpha value is -1.71. The van der Waals surface area contributed by atoms with Gasteiger partial charge in [-0.25, -0.2) is 0 Å². The highest BCUT2D eigenvalue weighted by atomic mass is 35.5. The van der Waals surface area contributed by atoms with Crippen LogP contribution < -0.4 is 0 Å². The molecule has 36 heavy (non-hydrogen) atoms. The molecule has 0 spiro atoms. The molecule has 3 aliphatic heterocycles. The summed E-state index contributed by atoms with van der Waals surface area (Å²) in [5.74, 6) is 0. The Balaban J connectivity index is 1.42. The van der Waals surface area contributed by atoms with Gasteiger partial charge in [0.25, 0.3) is 15.7 Å². The van der Waals surface area contributed by atoms with E-state index in [9.17, 15) is 0 Å². The summed E-state index contributed by atoms with van der Waals surface area (Å²) in [6, 6.07) is 27.7. The predicted octanol–water partition coefficient (Wildman–Crippen LogP) is 5.75. The smallest absolute Gasteiger partial charge is 0.277 e. The molecule has 3 unspecified atom stereocenters. The number of halogens is 3. The molecule has 0 amide bonds. The molecule has 6 nitrogen and oxygen atoms in total. The molecular weight excluding hydrogens is 527 g/mol. The highest BCUT2D eigenvalue weighted by molar-refractivity contribution is 6.22. The van der Waals surface area contributed by atoms with Gasteiger partial charge in [-0.3, -0.25) is 0 Å². The van der Waals surface area contributed by atoms with Crippen molar-refractivity contribution in [1.82, 2.24) is 0 Å². The third-order valence-corrected chi connectivity index (χ3v) is 7.69. The second-order valence-corrected chi connectivity index (χ2v) is 10.3. The first-order chi connectivity index (χ1) is 17.4. The van der Waals surface area contributed by atoms with E-state index in [-0.39, 0.29) is 13.2 Å². The van der Waals surface area contributed by atoms with Crippen LogP contribution in [0.3, 0.4) is 0 Å². The maximum Gasteiger partial charge on any atom is 0.277 e. The van der Waals surface area contributed by atoms with Crippen LogP contribution in [0.5, 0.6) is 0 Å². The monoisotopic (exact) mass is 548 g/mol. The summed E-state index contributed by atoms with van der Waals surface area (Å²) in [6.07, 6.45) is -3.00. The van der Waals surface area contributed by atoms with E-state index in [0.29, 0.717) is 16.7 Å². The molecule has 3 heterocycles. The van der Waals surface area contributed by atoms with Gasteiger partial charge in [-0.15, -0.1) is 0 Å². The largest absolute Gasteiger partial charge is 0.331 e. The zero-order chi connectivity index (χ0) is 24.8. The summed E-state index contributed by atoms with van der Waals surface area (Å²) in [4.78, 5) is 0. The minimum atomic E-state index is -1.62. The van der Waals surface area contributed by atoms with Gasteiger partial charge in [-0.2, -0.15) is 0 Å². The zero-order valence-corrected chi connectivity index (χ0v) is 21.2. The molecule has 3 aromatic carbocycles. The van der Waals surface area contributed by atoms with Crippen molar-refractivity contribution in [3.63, 3.8) is 0 Å². The Morgan fingerprint density at radius 1 is 0.472 bits per heavy atom. The topological polar surface area (TPSA) is 55.4 Å². The second kappa shape index (κ2) is 9.55. The highest BCUT2D eigenvalue weighted by Crippen LogP contribution is 2.49. The number of alkyl halides is 3. The minimum Gasteiger partial charge on any atom is -0.331 e. The fourth-order valence-electron chi connectivity index (χ4n) is 4.67. The van der Waals surface area contributed by atoms with Crippen molar-refractivity contribution in [2.24, 2.45) is 0 Å². The molecule has 3 saturated heterocycles. The lowest BCUT2D eigenvalue weighted by Crippen LogP contribution is -2.62. The highest BCUT2D eigenvalue weighted by Gasteiger charge is 2.59. The van der Waals surface area contributed by atoms with Gasteiger partial charge in [-0.1, -0.05) is 126 Å². The Labute approximate surface area is 223 Å². The number of ether oxygens (including phenoxy) is 6. The Morgan fingerprint density at radius 3 is 1.25 bits per heavy atom. The molecule has 3 fully saturated rings. The average molecular weight is 550 g/mol. The number of hydrogen-bond donors (Lipinski definition) is 0. The maximum absolute atomic E-state index is 6.95. The molecule has 188 valence electrons. The molecule has 9 heteroatoms. The van der Waals surface area contributed by atoms with Crippen LogP contribution in [0.15, 0.2) is 91.0 Å². The van der Waals surface area contributed by atoms with E-state index in [1.165, 1.54) is 0 Å². The van der Waals surface area contributed by atoms with Crippen molar-refractivity contribution in [2.45, 2.75) is 40.2 Å². The van der Waals surface area contributed by atoms with E-state index in [1.54, 1.807) is 0 Å². The second-order valence-electron chi connectivity index (χ2n) is 8.81. The predicted molar refractivity (Wildman–Crippen MR) is 133 cm³/mol. The normalized spacial score (nSPS) is 38.4. The molecular formula is C27H23Cl3O6. The first-order valence-electron chi connectivity index (χ1n) is 11.6. The van der Waals surface area contributed by atoms with E-state index in [4.69, 9.17) is 63.2 Å². The first-order valence-corrected chi connectivity index (χ1v) is 12.7. The fourth-order valence-corrected chi connectivity index (χ4v) is 5.60. The minimum absolute atomic E-state index is 0.0152. The maximum atomic E-state index is 6.95. The summed E-state index contributed by atoms with van der Waals surface area (Å²) in [5, 5.41) is -4.83. The van der Waals surface area contributed by atoms with E-state index >= 15 is 0 Å². The standard InChI is InChI=1S/C27H23Cl3O6/c28-25(18-10-4-1-5-11-18)31-17-22-23-24(36-27(30,34-22)20-14-8-3-9-15-20)21(33-25)16-32-26(29,35-23)19-12-6-2-7-13-19/h1-15,21-24H,16-17H2/t21-,22+,23+,24+,25?,26?,27?/m1/s1. The van der Waals surface area contributed by atoms with Crippen molar-refractivity contribution in [3.05, 3.63) is 108 Å². The molecule has 0 radical (unpaired) electrons. The van der Waals surface area contributed by atoms with Crippen LogP contribution in [0.2, 0.25) is 0 Å². The molecule has 0 N–H and O–H groups in total. The van der Waals surface area contributed by atoms with Crippen LogP contribution in [-0.2, 0) is 44.2 Å². The van der Waals surface area contributed by atoms with Crippen molar-refractivity contribution in [1.29, 1.82) is 0 Å². The Bertz CT molecular complexity index is 1090. The van der Waals surface area contributed by atoms with Gasteiger partial charge in [0.05, 0.1) is 13.2 Å². The lowest BCUT2D eigenvalue weighted by atomic mass is 9.99. The van der Waals surface area contributed by atoms with Crippen LogP contribution in [-0.4, -0.2) is 37.6 Å². The van der Waals surface area contributed by atoms with E-state index in [1.807, 2.05) is 91.0 Å². The van der Waals surface area contributed by atoms with Gasteiger partial charge in [0.15, 0.2) is 0 Å². The summed E-state index contributed by atoms with van der Waals surface area (Å²) >= 11 is 20.8. The Morgan fingerprint density at radius 2 is 0.806 bits per heavy atom. The van der Waals surface area contributed by atoms with Gasteiger partial charge < -0.3 is 28.4 Å². The average Bonchev–Trinajstić information content (AvgIpc) is 3.07. The van der Waals surface area contributed by atoms with Crippen molar-refractivity contribution >= 4 is 34.8 Å². The van der Waals surface area contributed by atoms with Crippen molar-refractivity contribution in [2.75, 3.05) is 13.2 Å². The van der Waals surface area contributed by atoms with Gasteiger partial charge in [0.2, 0.25) is 0 Å². The summed E-state index contributed by atoms with van der Waals surface area (Å²) in [6.45, 7) is -0.0304. The van der Waals surface area contributed by atoms with E-state index in [0.717, 1.165) is 0 Å². The molecule has 3 aliphatic rings. The van der Waals surface area contributed by atoms with Crippen molar-refractivity contribution in [3.8, 4) is 0 Å². The van der Waals surface area contributed by atoms with E-state index < -0.39 is 40.2 Å². The third-order valence-electron chi connectivity index (χ3n) is 6.46. The van der Waals surface area contributed by atoms with Gasteiger partial charge in [-0.05, 0) is 0 Å². The van der Waals surface area contributed by atoms with Crippen LogP contribution in [0.25, 0.3) is 0 Å². The van der Waals surface area contributed by atoms with Crippen LogP contribution in [0.4, 0.5) is 0 Å². The van der Waals surface area contributed by atoms with E-state index in [2.05, 4.69) is 0 Å². The molecule has 0 saturated carbocycles. The summed E-state index contributed by atoms with van der Waals surface area (Å²) in [5.41, 5.74) is 1.87. The van der Waals surface area contributed by atoms with Crippen molar-refractivity contribution < 1.29 is 28.4 Å². The lowest BCUT2D eigenvalue weighted by Gasteiger charge is -2.49. The lowest BCUT2D eigenvalue weighted by molar-refractivity contribution is -0.380. The quantitative estimate of drug-likeness (QED) is 0.388. The van der Waals surface area contributed by atoms with Crippen LogP contribution in [0.1, 0.15) is 16.7 Å². The summed E-state index contributed by atoms with van der Waals surface area (Å²) < 4.78 is 37.8. The fraction of sp³-hybridized carbons (Fsp3) is 0.333. The van der Waals surface area contributed by atoms with Gasteiger partial charge in [0.1, 0.15) is 24.4 Å². The third kappa shape index (κ3) is 4.45. The molecule has 0 aliphatic carbocycles. The number of benzene rings is 3. The zero-order valence-electron chi connectivity index (χ0n) is 19.0. The van der Waals surface area contributed by atoms with Crippen LogP contribution in [0, 0.1) is 0 Å². The number of rotatable bonds is 3. The Kier molecular flexibility index (Phi) is 6.53. The molecule has 4 bridgehead atoms.